The molecule has 5 heterocycles. The zero-order valence-corrected chi connectivity index (χ0v) is 18.4. The number of aromatic amines is 2. The minimum Gasteiger partial charge on any atom is -0.466 e. The molecule has 0 aliphatic carbocycles. The fourth-order valence-corrected chi connectivity index (χ4v) is 3.93. The number of ether oxygens (including phenoxy) is 1. The molecule has 5 rings (SSSR count). The number of H-pyrrole nitrogens is 2. The van der Waals surface area contributed by atoms with E-state index in [9.17, 15) is 31.5 Å². The van der Waals surface area contributed by atoms with Crippen LogP contribution in [0.2, 0.25) is 5.15 Å². The molecule has 188 valence electrons. The van der Waals surface area contributed by atoms with Crippen molar-refractivity contribution < 1.29 is 26.7 Å². The van der Waals surface area contributed by atoms with Gasteiger partial charge in [0.15, 0.2) is 11.8 Å². The Bertz CT molecular complexity index is 1580. The average Bonchev–Trinajstić information content (AvgIpc) is 3.30. The molecule has 1 atom stereocenters. The summed E-state index contributed by atoms with van der Waals surface area (Å²) in [6.07, 6.45) is -3.34. The standard InChI is InChI=1S/C20H13ClF5N7O3/c21-14-7-33-16(29-14)12(4-11(31-33)10-5-28-18(35)30-17(10)34)32-6-13(19(22,23)8-32)36-15-3-9(1-2-27-15)20(24,25)26/h1-5,7,13H,6,8H2,(H2,28,30,34,35)/t13-/m1/s1. The second kappa shape index (κ2) is 8.29. The third kappa shape index (κ3) is 4.36. The highest BCUT2D eigenvalue weighted by molar-refractivity contribution is 6.29. The van der Waals surface area contributed by atoms with E-state index in [1.54, 1.807) is 0 Å². The molecule has 0 aromatic carbocycles. The van der Waals surface area contributed by atoms with Gasteiger partial charge in [-0.2, -0.15) is 18.3 Å². The van der Waals surface area contributed by atoms with E-state index in [0.29, 0.717) is 12.1 Å². The van der Waals surface area contributed by atoms with Crippen molar-refractivity contribution in [1.82, 2.24) is 29.5 Å². The van der Waals surface area contributed by atoms with Crippen LogP contribution in [0.25, 0.3) is 16.9 Å². The van der Waals surface area contributed by atoms with Gasteiger partial charge in [0.1, 0.15) is 10.8 Å². The summed E-state index contributed by atoms with van der Waals surface area (Å²) < 4.78 is 75.2. The quantitative estimate of drug-likeness (QED) is 0.390. The lowest BCUT2D eigenvalue weighted by Gasteiger charge is -2.19. The summed E-state index contributed by atoms with van der Waals surface area (Å²) in [6, 6.07) is 2.54. The minimum atomic E-state index is -4.70. The lowest BCUT2D eigenvalue weighted by molar-refractivity contribution is -0.137. The molecule has 1 aliphatic rings. The predicted octanol–water partition coefficient (Wildman–Crippen LogP) is 2.74. The Morgan fingerprint density at radius 3 is 2.72 bits per heavy atom. The molecule has 1 aliphatic heterocycles. The molecule has 0 saturated carbocycles. The number of anilines is 1. The molecule has 0 unspecified atom stereocenters. The van der Waals surface area contributed by atoms with E-state index in [0.717, 1.165) is 12.4 Å². The zero-order valence-electron chi connectivity index (χ0n) is 17.7. The Balaban J connectivity index is 1.52. The first-order chi connectivity index (χ1) is 16.9. The van der Waals surface area contributed by atoms with Crippen LogP contribution >= 0.6 is 11.6 Å². The first-order valence-corrected chi connectivity index (χ1v) is 10.5. The normalized spacial score (nSPS) is 17.6. The van der Waals surface area contributed by atoms with Gasteiger partial charge >= 0.3 is 17.8 Å². The summed E-state index contributed by atoms with van der Waals surface area (Å²) in [7, 11) is 0. The van der Waals surface area contributed by atoms with Crippen LogP contribution < -0.4 is 20.9 Å². The molecule has 0 radical (unpaired) electrons. The summed E-state index contributed by atoms with van der Waals surface area (Å²) in [5, 5.41) is 4.20. The first kappa shape index (κ1) is 23.7. The number of alkyl halides is 5. The van der Waals surface area contributed by atoms with Crippen molar-refractivity contribution >= 4 is 22.9 Å². The number of rotatable bonds is 4. The van der Waals surface area contributed by atoms with Crippen LogP contribution in [-0.4, -0.2) is 54.7 Å². The fourth-order valence-electron chi connectivity index (χ4n) is 3.76. The van der Waals surface area contributed by atoms with E-state index in [2.05, 4.69) is 20.1 Å². The van der Waals surface area contributed by atoms with Gasteiger partial charge < -0.3 is 14.6 Å². The summed E-state index contributed by atoms with van der Waals surface area (Å²) in [5.41, 5.74) is -2.49. The van der Waals surface area contributed by atoms with Crippen molar-refractivity contribution in [2.45, 2.75) is 18.2 Å². The number of hydrogen-bond donors (Lipinski definition) is 2. The molecule has 2 N–H and O–H groups in total. The SMILES string of the molecule is O=c1[nH]cc(-c2cc(N3C[C@@H](Oc4cc(C(F)(F)F)ccn4)C(F)(F)C3)c3nc(Cl)cn3n2)c(=O)[nH]1. The van der Waals surface area contributed by atoms with Crippen LogP contribution in [0.1, 0.15) is 5.56 Å². The maximum Gasteiger partial charge on any atom is 0.416 e. The van der Waals surface area contributed by atoms with Crippen LogP contribution in [0, 0.1) is 0 Å². The highest BCUT2D eigenvalue weighted by atomic mass is 35.5. The van der Waals surface area contributed by atoms with Gasteiger partial charge in [0.05, 0.1) is 36.1 Å². The lowest BCUT2D eigenvalue weighted by Crippen LogP contribution is -2.36. The summed E-state index contributed by atoms with van der Waals surface area (Å²) in [6.45, 7) is -1.35. The number of aromatic nitrogens is 6. The van der Waals surface area contributed by atoms with Gasteiger partial charge in [-0.15, -0.1) is 0 Å². The molecule has 0 amide bonds. The molecule has 0 bridgehead atoms. The van der Waals surface area contributed by atoms with Gasteiger partial charge in [0.25, 0.3) is 5.56 Å². The predicted molar refractivity (Wildman–Crippen MR) is 115 cm³/mol. The maximum atomic E-state index is 14.9. The van der Waals surface area contributed by atoms with E-state index in [4.69, 9.17) is 16.3 Å². The van der Waals surface area contributed by atoms with Crippen LogP contribution in [0.5, 0.6) is 5.88 Å². The van der Waals surface area contributed by atoms with E-state index in [1.165, 1.54) is 21.7 Å². The molecule has 4 aromatic heterocycles. The summed E-state index contributed by atoms with van der Waals surface area (Å²) in [4.78, 5) is 36.9. The van der Waals surface area contributed by atoms with Crippen molar-refractivity contribution in [2.24, 2.45) is 0 Å². The largest absolute Gasteiger partial charge is 0.466 e. The Morgan fingerprint density at radius 2 is 2.00 bits per heavy atom. The monoisotopic (exact) mass is 529 g/mol. The molecule has 1 saturated heterocycles. The van der Waals surface area contributed by atoms with E-state index < -0.39 is 54.0 Å². The Labute approximate surface area is 201 Å². The Kier molecular flexibility index (Phi) is 5.46. The third-order valence-corrected chi connectivity index (χ3v) is 5.58. The summed E-state index contributed by atoms with van der Waals surface area (Å²) in [5.74, 6) is -4.11. The van der Waals surface area contributed by atoms with Gasteiger partial charge in [0.2, 0.25) is 5.88 Å². The third-order valence-electron chi connectivity index (χ3n) is 5.40. The molecule has 16 heteroatoms. The minimum absolute atomic E-state index is 0.0105. The number of pyridine rings is 1. The van der Waals surface area contributed by atoms with Crippen LogP contribution in [0.3, 0.4) is 0 Å². The molecule has 10 nitrogen and oxygen atoms in total. The van der Waals surface area contributed by atoms with Crippen molar-refractivity contribution in [2.75, 3.05) is 18.0 Å². The molecular weight excluding hydrogens is 517 g/mol. The molecule has 36 heavy (non-hydrogen) atoms. The van der Waals surface area contributed by atoms with Crippen LogP contribution in [-0.2, 0) is 6.18 Å². The Hall–Kier alpha value is -4.01. The number of hydrogen-bond acceptors (Lipinski definition) is 7. The lowest BCUT2D eigenvalue weighted by atomic mass is 10.2. The topological polar surface area (TPSA) is 121 Å². The number of fused-ring (bicyclic) bond motifs is 1. The second-order valence-electron chi connectivity index (χ2n) is 7.86. The average molecular weight is 530 g/mol. The first-order valence-electron chi connectivity index (χ1n) is 10.1. The zero-order chi connectivity index (χ0) is 25.8. The number of halogens is 6. The number of imidazole rings is 1. The van der Waals surface area contributed by atoms with Gasteiger partial charge in [-0.1, -0.05) is 11.6 Å². The van der Waals surface area contributed by atoms with Crippen molar-refractivity contribution in [3.63, 3.8) is 0 Å². The van der Waals surface area contributed by atoms with Crippen molar-refractivity contribution in [3.05, 3.63) is 68.3 Å². The Morgan fingerprint density at radius 1 is 1.22 bits per heavy atom. The highest BCUT2D eigenvalue weighted by Gasteiger charge is 2.51. The maximum absolute atomic E-state index is 14.9. The van der Waals surface area contributed by atoms with E-state index in [1.807, 2.05) is 4.98 Å². The van der Waals surface area contributed by atoms with Gasteiger partial charge in [-0.05, 0) is 12.1 Å². The van der Waals surface area contributed by atoms with Gasteiger partial charge in [-0.25, -0.2) is 28.1 Å². The smallest absolute Gasteiger partial charge is 0.416 e. The summed E-state index contributed by atoms with van der Waals surface area (Å²) >= 11 is 5.98. The molecular formula is C20H13ClF5N7O3. The van der Waals surface area contributed by atoms with Gasteiger partial charge in [-0.3, -0.25) is 9.78 Å². The fraction of sp³-hybridized carbons (Fsp3) is 0.250. The van der Waals surface area contributed by atoms with Gasteiger partial charge in [0, 0.05) is 18.5 Å². The van der Waals surface area contributed by atoms with Crippen molar-refractivity contribution in [3.8, 4) is 17.1 Å². The number of nitrogens with zero attached hydrogens (tertiary/aromatic N) is 5. The van der Waals surface area contributed by atoms with Crippen molar-refractivity contribution in [1.29, 1.82) is 0 Å². The highest BCUT2D eigenvalue weighted by Crippen LogP contribution is 2.37. The second-order valence-corrected chi connectivity index (χ2v) is 8.25. The number of nitrogens with one attached hydrogen (secondary N) is 2. The van der Waals surface area contributed by atoms with Crippen LogP contribution in [0.4, 0.5) is 27.6 Å². The van der Waals surface area contributed by atoms with Crippen LogP contribution in [0.15, 0.2) is 46.4 Å². The molecule has 1 fully saturated rings. The molecule has 0 spiro atoms. The molecule has 4 aromatic rings. The van der Waals surface area contributed by atoms with E-state index >= 15 is 0 Å². The van der Waals surface area contributed by atoms with E-state index in [-0.39, 0.29) is 27.7 Å².